The molecule has 0 spiro atoms. The van der Waals surface area contributed by atoms with Crippen LogP contribution in [0.3, 0.4) is 0 Å². The van der Waals surface area contributed by atoms with Gasteiger partial charge in [0, 0.05) is 18.0 Å². The van der Waals surface area contributed by atoms with Gasteiger partial charge in [-0.3, -0.25) is 0 Å². The number of aryl methyl sites for hydroxylation is 1. The predicted molar refractivity (Wildman–Crippen MR) is 95.3 cm³/mol. The largest absolute Gasteiger partial charge is 0.250 e. The van der Waals surface area contributed by atoms with Crippen LogP contribution in [0.15, 0.2) is 45.5 Å². The van der Waals surface area contributed by atoms with Crippen molar-refractivity contribution in [3.05, 3.63) is 46.8 Å². The summed E-state index contributed by atoms with van der Waals surface area (Å²) in [6, 6.07) is 9.77. The fourth-order valence-corrected chi connectivity index (χ4v) is 5.47. The molecule has 0 unspecified atom stereocenters. The Balaban J connectivity index is 1.96. The zero-order chi connectivity index (χ0) is 17.8. The second-order valence-electron chi connectivity index (χ2n) is 5.16. The van der Waals surface area contributed by atoms with Gasteiger partial charge in [0.25, 0.3) is 0 Å². The molecule has 0 atom stereocenters. The molecule has 6 nitrogen and oxygen atoms in total. The zero-order valence-electron chi connectivity index (χ0n) is 13.4. The van der Waals surface area contributed by atoms with Crippen molar-refractivity contribution in [2.75, 3.05) is 13.1 Å². The molecule has 2 N–H and O–H groups in total. The minimum atomic E-state index is -3.49. The molecule has 0 saturated heterocycles. The monoisotopic (exact) mass is 388 g/mol. The van der Waals surface area contributed by atoms with Crippen LogP contribution in [0.1, 0.15) is 17.4 Å². The first kappa shape index (κ1) is 19.1. The van der Waals surface area contributed by atoms with E-state index in [2.05, 4.69) is 9.44 Å². The first-order valence-corrected chi connectivity index (χ1v) is 11.2. The molecule has 2 rings (SSSR count). The highest BCUT2D eigenvalue weighted by Crippen LogP contribution is 2.20. The van der Waals surface area contributed by atoms with Gasteiger partial charge in [0.2, 0.25) is 20.0 Å². The lowest BCUT2D eigenvalue weighted by Crippen LogP contribution is -2.25. The maximum Gasteiger partial charge on any atom is 0.250 e. The van der Waals surface area contributed by atoms with Crippen LogP contribution in [-0.2, 0) is 26.5 Å². The van der Waals surface area contributed by atoms with E-state index in [9.17, 15) is 16.8 Å². The van der Waals surface area contributed by atoms with Gasteiger partial charge in [0.15, 0.2) is 0 Å². The van der Waals surface area contributed by atoms with E-state index in [-0.39, 0.29) is 11.4 Å². The van der Waals surface area contributed by atoms with Gasteiger partial charge < -0.3 is 0 Å². The molecule has 0 aliphatic carbocycles. The fourth-order valence-electron chi connectivity index (χ4n) is 2.07. The summed E-state index contributed by atoms with van der Waals surface area (Å²) >= 11 is 1.23. The third-order valence-electron chi connectivity index (χ3n) is 3.25. The van der Waals surface area contributed by atoms with Crippen molar-refractivity contribution >= 4 is 31.4 Å². The summed E-state index contributed by atoms with van der Waals surface area (Å²) in [4.78, 5) is 1.13. The van der Waals surface area contributed by atoms with E-state index < -0.39 is 20.0 Å². The molecule has 0 bridgehead atoms. The molecule has 2 aromatic rings. The lowest BCUT2D eigenvalue weighted by molar-refractivity contribution is 0.582. The van der Waals surface area contributed by atoms with Crippen LogP contribution in [0, 0.1) is 6.92 Å². The maximum absolute atomic E-state index is 12.1. The van der Waals surface area contributed by atoms with Crippen LogP contribution in [0.2, 0.25) is 0 Å². The van der Waals surface area contributed by atoms with Gasteiger partial charge in [0.05, 0.1) is 4.90 Å². The molecular formula is C15H20N2O4S3. The van der Waals surface area contributed by atoms with Crippen molar-refractivity contribution in [3.8, 4) is 0 Å². The Morgan fingerprint density at radius 1 is 0.917 bits per heavy atom. The highest BCUT2D eigenvalue weighted by Gasteiger charge is 2.15. The summed E-state index contributed by atoms with van der Waals surface area (Å²) in [5, 5.41) is 0. The Morgan fingerprint density at radius 2 is 1.58 bits per heavy atom. The molecule has 0 radical (unpaired) electrons. The lowest BCUT2D eigenvalue weighted by Gasteiger charge is -2.07. The lowest BCUT2D eigenvalue weighted by atomic mass is 10.2. The molecule has 0 aliphatic rings. The molecule has 1 aromatic carbocycles. The van der Waals surface area contributed by atoms with Gasteiger partial charge in [-0.05, 0) is 43.2 Å². The third kappa shape index (κ3) is 4.87. The number of nitrogens with one attached hydrogen (secondary N) is 2. The fraction of sp³-hybridized carbons (Fsp3) is 0.333. The van der Waals surface area contributed by atoms with Gasteiger partial charge in [-0.25, -0.2) is 26.3 Å². The van der Waals surface area contributed by atoms with Crippen molar-refractivity contribution in [2.24, 2.45) is 0 Å². The molecular weight excluding hydrogens is 368 g/mol. The van der Waals surface area contributed by atoms with Gasteiger partial charge in [-0.1, -0.05) is 19.1 Å². The Bertz CT molecular complexity index is 885. The summed E-state index contributed by atoms with van der Waals surface area (Å²) in [5.41, 5.74) is 0.857. The molecule has 132 valence electrons. The number of hydrogen-bond donors (Lipinski definition) is 2. The van der Waals surface area contributed by atoms with Crippen molar-refractivity contribution in [1.82, 2.24) is 9.44 Å². The van der Waals surface area contributed by atoms with E-state index in [1.165, 1.54) is 23.5 Å². The van der Waals surface area contributed by atoms with Crippen molar-refractivity contribution < 1.29 is 16.8 Å². The van der Waals surface area contributed by atoms with Crippen LogP contribution in [0.25, 0.3) is 0 Å². The number of thiophene rings is 1. The van der Waals surface area contributed by atoms with E-state index in [4.69, 9.17) is 0 Å². The average Bonchev–Trinajstić information content (AvgIpc) is 2.95. The molecule has 9 heteroatoms. The van der Waals surface area contributed by atoms with Crippen LogP contribution in [0.5, 0.6) is 0 Å². The minimum absolute atomic E-state index is 0.197. The second-order valence-corrected chi connectivity index (χ2v) is 10.2. The minimum Gasteiger partial charge on any atom is -0.211 e. The van der Waals surface area contributed by atoms with Gasteiger partial charge >= 0.3 is 0 Å². The van der Waals surface area contributed by atoms with E-state index in [0.29, 0.717) is 17.2 Å². The van der Waals surface area contributed by atoms with E-state index >= 15 is 0 Å². The highest BCUT2D eigenvalue weighted by atomic mass is 32.2. The summed E-state index contributed by atoms with van der Waals surface area (Å²) in [6.45, 7) is 4.15. The van der Waals surface area contributed by atoms with Crippen LogP contribution in [0.4, 0.5) is 0 Å². The highest BCUT2D eigenvalue weighted by molar-refractivity contribution is 7.91. The number of sulfonamides is 2. The zero-order valence-corrected chi connectivity index (χ0v) is 15.9. The van der Waals surface area contributed by atoms with Crippen LogP contribution in [-0.4, -0.2) is 29.9 Å². The van der Waals surface area contributed by atoms with E-state index in [1.807, 2.05) is 6.92 Å². The first-order valence-electron chi connectivity index (χ1n) is 7.39. The normalized spacial score (nSPS) is 12.4. The predicted octanol–water partition coefficient (Wildman–Crippen LogP) is 1.88. The Morgan fingerprint density at radius 3 is 2.12 bits per heavy atom. The van der Waals surface area contributed by atoms with E-state index in [1.54, 1.807) is 31.2 Å². The first-order chi connectivity index (χ1) is 11.2. The second kappa shape index (κ2) is 7.75. The average molecular weight is 389 g/mol. The molecule has 0 fully saturated rings. The van der Waals surface area contributed by atoms with Gasteiger partial charge in [0.1, 0.15) is 4.21 Å². The third-order valence-corrected chi connectivity index (χ3v) is 7.77. The van der Waals surface area contributed by atoms with Crippen molar-refractivity contribution in [1.29, 1.82) is 0 Å². The summed E-state index contributed by atoms with van der Waals surface area (Å²) in [5.74, 6) is 0. The van der Waals surface area contributed by atoms with Crippen LogP contribution >= 0.6 is 11.3 Å². The quantitative estimate of drug-likeness (QED) is 0.722. The topological polar surface area (TPSA) is 92.3 Å². The Labute approximate surface area is 147 Å². The Kier molecular flexibility index (Phi) is 6.16. The molecule has 0 aliphatic heterocycles. The molecule has 24 heavy (non-hydrogen) atoms. The molecule has 1 aromatic heterocycles. The van der Waals surface area contributed by atoms with Gasteiger partial charge in [-0.2, -0.15) is 0 Å². The van der Waals surface area contributed by atoms with Crippen molar-refractivity contribution in [3.63, 3.8) is 0 Å². The maximum atomic E-state index is 12.1. The molecule has 1 heterocycles. The van der Waals surface area contributed by atoms with Crippen LogP contribution < -0.4 is 9.44 Å². The smallest absolute Gasteiger partial charge is 0.211 e. The molecule has 0 saturated carbocycles. The summed E-state index contributed by atoms with van der Waals surface area (Å²) < 4.78 is 53.2. The Hall–Kier alpha value is -1.26. The summed E-state index contributed by atoms with van der Waals surface area (Å²) in [6.07, 6.45) is 0.477. The number of rotatable bonds is 8. The SMILES string of the molecule is CCNS(=O)(=O)c1ccc(CCNS(=O)(=O)c2ccc(C)s2)cc1. The summed E-state index contributed by atoms with van der Waals surface area (Å²) in [7, 11) is -6.95. The number of hydrogen-bond acceptors (Lipinski definition) is 5. The molecule has 0 amide bonds. The number of benzene rings is 1. The van der Waals surface area contributed by atoms with Gasteiger partial charge in [-0.15, -0.1) is 11.3 Å². The van der Waals surface area contributed by atoms with Crippen molar-refractivity contribution in [2.45, 2.75) is 29.4 Å². The van der Waals surface area contributed by atoms with E-state index in [0.717, 1.165) is 10.4 Å². The standard InChI is InChI=1S/C15H20N2O4S3/c1-3-16-23(18,19)14-7-5-13(6-8-14)10-11-17-24(20,21)15-9-4-12(2)22-15/h4-9,16-17H,3,10-11H2,1-2H3.